The van der Waals surface area contributed by atoms with E-state index in [1.807, 2.05) is 31.2 Å². The Kier molecular flexibility index (Phi) is 6.76. The number of carbonyl (C=O) groups excluding carboxylic acids is 1. The second kappa shape index (κ2) is 9.28. The van der Waals surface area contributed by atoms with Crippen LogP contribution >= 0.6 is 0 Å². The molecule has 0 bridgehead atoms. The number of hydrogen-bond acceptors (Lipinski definition) is 5. The number of methoxy groups -OCH3 is 1. The molecule has 1 aliphatic heterocycles. The highest BCUT2D eigenvalue weighted by molar-refractivity contribution is 7.89. The van der Waals surface area contributed by atoms with Gasteiger partial charge in [0.05, 0.1) is 25.0 Å². The molecule has 0 atom stereocenters. The Balaban J connectivity index is 1.57. The van der Waals surface area contributed by atoms with E-state index in [1.54, 1.807) is 36.3 Å². The quantitative estimate of drug-likeness (QED) is 0.689. The molecule has 2 aromatic carbocycles. The minimum Gasteiger partial charge on any atom is -0.497 e. The maximum absolute atomic E-state index is 12.9. The molecule has 0 unspecified atom stereocenters. The molecule has 0 radical (unpaired) electrons. The molecule has 1 heterocycles. The summed E-state index contributed by atoms with van der Waals surface area (Å²) in [5, 5.41) is 0. The first-order chi connectivity index (χ1) is 13.9. The van der Waals surface area contributed by atoms with Gasteiger partial charge in [-0.15, -0.1) is 0 Å². The van der Waals surface area contributed by atoms with Crippen LogP contribution in [0.1, 0.15) is 12.5 Å². The molecule has 0 saturated carbocycles. The standard InChI is InChI=1S/C21H26N2O5S/c1-3-28-19-8-10-20(11-9-19)29(25,26)23-14-12-22(13-15-23)21(24)16-17-4-6-18(27-2)7-5-17/h4-11H,3,12-16H2,1-2H3. The number of benzene rings is 2. The highest BCUT2D eigenvalue weighted by atomic mass is 32.2. The predicted molar refractivity (Wildman–Crippen MR) is 110 cm³/mol. The van der Waals surface area contributed by atoms with Gasteiger partial charge in [-0.3, -0.25) is 4.79 Å². The smallest absolute Gasteiger partial charge is 0.243 e. The zero-order chi connectivity index (χ0) is 20.9. The van der Waals surface area contributed by atoms with E-state index < -0.39 is 10.0 Å². The third-order valence-corrected chi connectivity index (χ3v) is 6.79. The molecule has 8 heteroatoms. The van der Waals surface area contributed by atoms with Gasteiger partial charge in [-0.25, -0.2) is 8.42 Å². The fourth-order valence-corrected chi connectivity index (χ4v) is 4.65. The van der Waals surface area contributed by atoms with Crippen LogP contribution in [-0.2, 0) is 21.2 Å². The number of ether oxygens (including phenoxy) is 2. The van der Waals surface area contributed by atoms with E-state index in [9.17, 15) is 13.2 Å². The van der Waals surface area contributed by atoms with Crippen LogP contribution in [0.5, 0.6) is 11.5 Å². The first kappa shape index (κ1) is 21.1. The van der Waals surface area contributed by atoms with Crippen LogP contribution in [-0.4, -0.2) is 63.4 Å². The van der Waals surface area contributed by atoms with Crippen molar-refractivity contribution in [2.45, 2.75) is 18.2 Å². The Bertz CT molecular complexity index is 919. The molecule has 3 rings (SSSR count). The summed E-state index contributed by atoms with van der Waals surface area (Å²) >= 11 is 0. The van der Waals surface area contributed by atoms with Crippen LogP contribution in [0, 0.1) is 0 Å². The maximum atomic E-state index is 12.9. The van der Waals surface area contributed by atoms with Gasteiger partial charge in [0.1, 0.15) is 11.5 Å². The van der Waals surface area contributed by atoms with Crippen LogP contribution in [0.4, 0.5) is 0 Å². The van der Waals surface area contributed by atoms with Crippen LogP contribution in [0.25, 0.3) is 0 Å². The molecule has 156 valence electrons. The third kappa shape index (κ3) is 5.07. The Morgan fingerprint density at radius 3 is 2.07 bits per heavy atom. The van der Waals surface area contributed by atoms with Gasteiger partial charge in [0.2, 0.25) is 15.9 Å². The number of piperazine rings is 1. The highest BCUT2D eigenvalue weighted by Gasteiger charge is 2.30. The van der Waals surface area contributed by atoms with E-state index in [4.69, 9.17) is 9.47 Å². The van der Waals surface area contributed by atoms with Gasteiger partial charge in [0, 0.05) is 26.2 Å². The lowest BCUT2D eigenvalue weighted by molar-refractivity contribution is -0.131. The van der Waals surface area contributed by atoms with Gasteiger partial charge in [-0.2, -0.15) is 4.31 Å². The van der Waals surface area contributed by atoms with E-state index in [0.717, 1.165) is 11.3 Å². The van der Waals surface area contributed by atoms with Crippen molar-refractivity contribution in [2.75, 3.05) is 39.9 Å². The van der Waals surface area contributed by atoms with Crippen molar-refractivity contribution >= 4 is 15.9 Å². The summed E-state index contributed by atoms with van der Waals surface area (Å²) in [6.07, 6.45) is 0.287. The summed E-state index contributed by atoms with van der Waals surface area (Å²) < 4.78 is 37.6. The van der Waals surface area contributed by atoms with Crippen molar-refractivity contribution in [3.8, 4) is 11.5 Å². The SMILES string of the molecule is CCOc1ccc(S(=O)(=O)N2CCN(C(=O)Cc3ccc(OC)cc3)CC2)cc1. The van der Waals surface area contributed by atoms with Gasteiger partial charge in [-0.05, 0) is 48.9 Å². The molecule has 0 spiro atoms. The van der Waals surface area contributed by atoms with Crippen LogP contribution < -0.4 is 9.47 Å². The molecule has 0 aliphatic carbocycles. The lowest BCUT2D eigenvalue weighted by Crippen LogP contribution is -2.50. The molecular formula is C21H26N2O5S. The van der Waals surface area contributed by atoms with Crippen molar-refractivity contribution in [2.24, 2.45) is 0 Å². The van der Waals surface area contributed by atoms with Crippen molar-refractivity contribution < 1.29 is 22.7 Å². The van der Waals surface area contributed by atoms with Gasteiger partial charge in [-0.1, -0.05) is 12.1 Å². The second-order valence-electron chi connectivity index (χ2n) is 6.71. The number of amides is 1. The fraction of sp³-hybridized carbons (Fsp3) is 0.381. The number of nitrogens with zero attached hydrogens (tertiary/aromatic N) is 2. The fourth-order valence-electron chi connectivity index (χ4n) is 3.23. The van der Waals surface area contributed by atoms with Crippen LogP contribution in [0.15, 0.2) is 53.4 Å². The summed E-state index contributed by atoms with van der Waals surface area (Å²) in [6, 6.07) is 13.8. The van der Waals surface area contributed by atoms with Gasteiger partial charge < -0.3 is 14.4 Å². The van der Waals surface area contributed by atoms with E-state index in [-0.39, 0.29) is 30.3 Å². The lowest BCUT2D eigenvalue weighted by Gasteiger charge is -2.34. The minimum atomic E-state index is -3.58. The highest BCUT2D eigenvalue weighted by Crippen LogP contribution is 2.21. The molecule has 1 fully saturated rings. The van der Waals surface area contributed by atoms with Gasteiger partial charge in [0.25, 0.3) is 0 Å². The molecular weight excluding hydrogens is 392 g/mol. The summed E-state index contributed by atoms with van der Waals surface area (Å²) in [7, 11) is -1.99. The maximum Gasteiger partial charge on any atom is 0.243 e. The molecule has 1 amide bonds. The molecule has 0 aromatic heterocycles. The van der Waals surface area contributed by atoms with Crippen molar-refractivity contribution in [1.29, 1.82) is 0 Å². The predicted octanol–water partition coefficient (Wildman–Crippen LogP) is 2.17. The Morgan fingerprint density at radius 2 is 1.52 bits per heavy atom. The lowest BCUT2D eigenvalue weighted by atomic mass is 10.1. The van der Waals surface area contributed by atoms with Crippen molar-refractivity contribution in [3.63, 3.8) is 0 Å². The Labute approximate surface area is 171 Å². The van der Waals surface area contributed by atoms with Gasteiger partial charge in [0.15, 0.2) is 0 Å². The van der Waals surface area contributed by atoms with Crippen molar-refractivity contribution in [3.05, 3.63) is 54.1 Å². The van der Waals surface area contributed by atoms with Crippen molar-refractivity contribution in [1.82, 2.24) is 9.21 Å². The first-order valence-electron chi connectivity index (χ1n) is 9.57. The number of carbonyl (C=O) groups is 1. The van der Waals surface area contributed by atoms with E-state index in [0.29, 0.717) is 25.4 Å². The molecule has 1 saturated heterocycles. The topological polar surface area (TPSA) is 76.2 Å². The average molecular weight is 419 g/mol. The summed E-state index contributed by atoms with van der Waals surface area (Å²) in [5.74, 6) is 1.38. The Hall–Kier alpha value is -2.58. The molecule has 29 heavy (non-hydrogen) atoms. The summed E-state index contributed by atoms with van der Waals surface area (Å²) in [6.45, 7) is 3.73. The third-order valence-electron chi connectivity index (χ3n) is 4.88. The van der Waals surface area contributed by atoms with Gasteiger partial charge >= 0.3 is 0 Å². The number of sulfonamides is 1. The summed E-state index contributed by atoms with van der Waals surface area (Å²) in [5.41, 5.74) is 0.903. The second-order valence-corrected chi connectivity index (χ2v) is 8.65. The van der Waals surface area contributed by atoms with Crippen LogP contribution in [0.2, 0.25) is 0 Å². The number of hydrogen-bond donors (Lipinski definition) is 0. The average Bonchev–Trinajstić information content (AvgIpc) is 2.75. The zero-order valence-corrected chi connectivity index (χ0v) is 17.5. The largest absolute Gasteiger partial charge is 0.497 e. The first-order valence-corrected chi connectivity index (χ1v) is 11.0. The molecule has 1 aliphatic rings. The summed E-state index contributed by atoms with van der Waals surface area (Å²) in [4.78, 5) is 14.5. The van der Waals surface area contributed by atoms with E-state index >= 15 is 0 Å². The van der Waals surface area contributed by atoms with E-state index in [2.05, 4.69) is 0 Å². The number of rotatable bonds is 7. The monoisotopic (exact) mass is 418 g/mol. The molecule has 7 nitrogen and oxygen atoms in total. The molecule has 0 N–H and O–H groups in total. The molecule has 2 aromatic rings. The minimum absolute atomic E-state index is 0.00622. The normalized spacial score (nSPS) is 15.2. The van der Waals surface area contributed by atoms with E-state index in [1.165, 1.54) is 4.31 Å². The van der Waals surface area contributed by atoms with Crippen LogP contribution in [0.3, 0.4) is 0 Å². The Morgan fingerprint density at radius 1 is 0.931 bits per heavy atom. The zero-order valence-electron chi connectivity index (χ0n) is 16.7.